The second kappa shape index (κ2) is 11.6. The van der Waals surface area contributed by atoms with Crippen LogP contribution in [0.5, 0.6) is 0 Å². The summed E-state index contributed by atoms with van der Waals surface area (Å²) in [4.78, 5) is 40.5. The van der Waals surface area contributed by atoms with Crippen LogP contribution in [-0.4, -0.2) is 40.5 Å². The molecule has 0 saturated heterocycles. The molecular weight excluding hydrogens is 476 g/mol. The number of carboxylic acids is 1. The quantitative estimate of drug-likeness (QED) is 0.234. The molecule has 2 amide bonds. The van der Waals surface area contributed by atoms with E-state index in [-0.39, 0.29) is 18.2 Å². The molecule has 1 unspecified atom stereocenters. The van der Waals surface area contributed by atoms with Gasteiger partial charge in [-0.2, -0.15) is 5.10 Å². The monoisotopic (exact) mass is 504 g/mol. The minimum atomic E-state index is -1.01. The summed E-state index contributed by atoms with van der Waals surface area (Å²) in [5.41, 5.74) is 4.06. The van der Waals surface area contributed by atoms with E-state index < -0.39 is 11.9 Å². The molecule has 0 fully saturated rings. The van der Waals surface area contributed by atoms with Crippen LogP contribution in [0.15, 0.2) is 65.1 Å². The molecule has 8 nitrogen and oxygen atoms in total. The Labute approximate surface area is 213 Å². The van der Waals surface area contributed by atoms with Crippen molar-refractivity contribution in [2.75, 3.05) is 6.54 Å². The third kappa shape index (κ3) is 6.37. The Balaban J connectivity index is 1.48. The molecule has 0 saturated carbocycles. The maximum Gasteiger partial charge on any atom is 0.304 e. The van der Waals surface area contributed by atoms with Crippen molar-refractivity contribution in [1.29, 1.82) is 0 Å². The van der Waals surface area contributed by atoms with E-state index >= 15 is 0 Å². The number of rotatable bonds is 9. The number of aliphatic carboxylic acids is 1. The minimum Gasteiger partial charge on any atom is -0.481 e. The maximum absolute atomic E-state index is 13.2. The third-order valence-electron chi connectivity index (χ3n) is 6.24. The van der Waals surface area contributed by atoms with Crippen LogP contribution in [0.4, 0.5) is 0 Å². The predicted molar refractivity (Wildman–Crippen MR) is 139 cm³/mol. The zero-order valence-corrected chi connectivity index (χ0v) is 20.5. The Morgan fingerprint density at radius 3 is 2.67 bits per heavy atom. The van der Waals surface area contributed by atoms with E-state index in [1.807, 2.05) is 47.8 Å². The molecule has 4 N–H and O–H groups in total. The highest BCUT2D eigenvalue weighted by Crippen LogP contribution is 2.27. The van der Waals surface area contributed by atoms with Crippen molar-refractivity contribution in [3.63, 3.8) is 0 Å². The van der Waals surface area contributed by atoms with Gasteiger partial charge in [0.2, 0.25) is 5.91 Å². The van der Waals surface area contributed by atoms with Crippen molar-refractivity contribution in [3.05, 3.63) is 92.7 Å². The van der Waals surface area contributed by atoms with E-state index in [4.69, 9.17) is 5.84 Å². The van der Waals surface area contributed by atoms with Gasteiger partial charge < -0.3 is 21.2 Å². The first kappa shape index (κ1) is 25.1. The molecule has 0 bridgehead atoms. The van der Waals surface area contributed by atoms with Gasteiger partial charge in [0.1, 0.15) is 0 Å². The van der Waals surface area contributed by atoms with Gasteiger partial charge in [0.25, 0.3) is 5.91 Å². The number of thiophene rings is 1. The van der Waals surface area contributed by atoms with Crippen LogP contribution >= 0.6 is 11.3 Å². The zero-order chi connectivity index (χ0) is 25.5. The van der Waals surface area contributed by atoms with Crippen molar-refractivity contribution in [2.24, 2.45) is 16.9 Å². The van der Waals surface area contributed by atoms with Crippen LogP contribution < -0.4 is 11.2 Å². The van der Waals surface area contributed by atoms with Gasteiger partial charge in [-0.3, -0.25) is 14.4 Å². The van der Waals surface area contributed by atoms with Crippen LogP contribution in [0.1, 0.15) is 43.9 Å². The van der Waals surface area contributed by atoms with Gasteiger partial charge in [-0.05, 0) is 58.7 Å². The van der Waals surface area contributed by atoms with Gasteiger partial charge >= 0.3 is 5.97 Å². The lowest BCUT2D eigenvalue weighted by molar-refractivity contribution is -0.144. The molecule has 1 aliphatic rings. The lowest BCUT2D eigenvalue weighted by Crippen LogP contribution is -2.36. The third-order valence-corrected chi connectivity index (χ3v) is 7.18. The van der Waals surface area contributed by atoms with Gasteiger partial charge in [-0.15, -0.1) is 11.3 Å². The molecular formula is C27H28N4O4S. The van der Waals surface area contributed by atoms with Gasteiger partial charge in [0, 0.05) is 30.1 Å². The molecule has 2 heterocycles. The lowest BCUT2D eigenvalue weighted by Gasteiger charge is -2.23. The summed E-state index contributed by atoms with van der Waals surface area (Å²) < 4.78 is 0. The number of hydrogen-bond donors (Lipinski definition) is 3. The van der Waals surface area contributed by atoms with Crippen LogP contribution in [0.2, 0.25) is 0 Å². The summed E-state index contributed by atoms with van der Waals surface area (Å²) >= 11 is 1.64. The van der Waals surface area contributed by atoms with Gasteiger partial charge in [0.05, 0.1) is 18.6 Å². The average Bonchev–Trinajstić information content (AvgIpc) is 3.35. The topological polar surface area (TPSA) is 125 Å². The van der Waals surface area contributed by atoms with E-state index in [0.29, 0.717) is 31.6 Å². The highest BCUT2D eigenvalue weighted by molar-refractivity contribution is 7.09. The largest absolute Gasteiger partial charge is 0.481 e. The van der Waals surface area contributed by atoms with E-state index in [1.54, 1.807) is 34.6 Å². The van der Waals surface area contributed by atoms with Gasteiger partial charge in [0.15, 0.2) is 0 Å². The summed E-state index contributed by atoms with van der Waals surface area (Å²) in [5, 5.41) is 17.8. The Hall–Kier alpha value is -3.98. The first-order valence-electron chi connectivity index (χ1n) is 11.7. The highest BCUT2D eigenvalue weighted by atomic mass is 32.1. The molecule has 0 spiro atoms. The number of carboxylic acid groups (broad SMARTS) is 1. The number of benzene rings is 2. The second-order valence-corrected chi connectivity index (χ2v) is 9.81. The molecule has 1 atom stereocenters. The summed E-state index contributed by atoms with van der Waals surface area (Å²) in [5.74, 6) is 3.11. The Morgan fingerprint density at radius 1 is 1.17 bits per heavy atom. The minimum absolute atomic E-state index is 0.153. The fraction of sp³-hybridized carbons (Fsp3) is 0.259. The fourth-order valence-electron chi connectivity index (χ4n) is 4.36. The van der Waals surface area contributed by atoms with E-state index in [9.17, 15) is 19.5 Å². The Bertz CT molecular complexity index is 1260. The number of fused-ring (bicyclic) bond motifs is 1. The molecule has 3 aromatic rings. The second-order valence-electron chi connectivity index (χ2n) is 8.77. The molecule has 0 radical (unpaired) electrons. The number of nitrogens with one attached hydrogen (secondary N) is 1. The van der Waals surface area contributed by atoms with Crippen LogP contribution in [-0.2, 0) is 35.5 Å². The molecule has 0 aliphatic carbocycles. The van der Waals surface area contributed by atoms with E-state index in [2.05, 4.69) is 10.4 Å². The summed E-state index contributed by atoms with van der Waals surface area (Å²) in [7, 11) is 0. The molecule has 1 aromatic heterocycles. The fourth-order valence-corrected chi connectivity index (χ4v) is 5.06. The molecule has 36 heavy (non-hydrogen) atoms. The zero-order valence-electron chi connectivity index (χ0n) is 19.7. The van der Waals surface area contributed by atoms with Crippen molar-refractivity contribution in [3.8, 4) is 0 Å². The molecule has 9 heteroatoms. The molecule has 4 rings (SSSR count). The number of hydrazone groups is 1. The maximum atomic E-state index is 13.2. The first-order valence-corrected chi connectivity index (χ1v) is 12.6. The van der Waals surface area contributed by atoms with Crippen LogP contribution in [0, 0.1) is 5.92 Å². The number of carbonyl (C=O) groups excluding carboxylic acids is 2. The van der Waals surface area contributed by atoms with Gasteiger partial charge in [-0.1, -0.05) is 36.4 Å². The smallest absolute Gasteiger partial charge is 0.304 e. The number of amides is 2. The predicted octanol–water partition coefficient (Wildman–Crippen LogP) is 3.19. The molecule has 2 aromatic carbocycles. The van der Waals surface area contributed by atoms with Crippen molar-refractivity contribution in [1.82, 2.24) is 10.2 Å². The van der Waals surface area contributed by atoms with Crippen molar-refractivity contribution < 1.29 is 19.5 Å². The molecule has 186 valence electrons. The number of nitrogens with two attached hydrogens (primary N) is 1. The summed E-state index contributed by atoms with van der Waals surface area (Å²) in [6.07, 6.45) is 2.32. The normalized spacial score (nSPS) is 15.5. The summed E-state index contributed by atoms with van der Waals surface area (Å²) in [6.45, 7) is 1.27. The SMILES string of the molecule is NN=Cc1ccc(CNC(=O)c2ccc3c(c2)CC(CC(=O)O)C(=O)N(CCc2cccs2)C3)cc1. The Kier molecular flexibility index (Phi) is 8.12. The van der Waals surface area contributed by atoms with E-state index in [1.165, 1.54) is 4.88 Å². The van der Waals surface area contributed by atoms with Crippen LogP contribution in [0.25, 0.3) is 0 Å². The Morgan fingerprint density at radius 2 is 1.97 bits per heavy atom. The summed E-state index contributed by atoms with van der Waals surface area (Å²) in [6, 6.07) is 16.9. The van der Waals surface area contributed by atoms with Crippen molar-refractivity contribution >= 4 is 35.3 Å². The number of carbonyl (C=O) groups is 3. The van der Waals surface area contributed by atoms with Crippen LogP contribution in [0.3, 0.4) is 0 Å². The molecule has 1 aliphatic heterocycles. The first-order chi connectivity index (χ1) is 17.4. The lowest BCUT2D eigenvalue weighted by atomic mass is 9.93. The van der Waals surface area contributed by atoms with Gasteiger partial charge in [-0.25, -0.2) is 0 Å². The average molecular weight is 505 g/mol. The standard InChI is InChI=1S/C27H28N4O4S/c28-30-16-19-5-3-18(4-6-19)15-29-26(34)20-7-8-21-17-31(10-9-24-2-1-11-36-24)27(35)23(14-25(32)33)13-22(21)12-20/h1-8,11-12,16,23H,9-10,13-15,17,28H2,(H,29,34)(H,32,33). The highest BCUT2D eigenvalue weighted by Gasteiger charge is 2.31. The van der Waals surface area contributed by atoms with Crippen molar-refractivity contribution in [2.45, 2.75) is 32.4 Å². The van der Waals surface area contributed by atoms with E-state index in [0.717, 1.165) is 28.7 Å². The number of nitrogens with zero attached hydrogens (tertiary/aromatic N) is 2. The number of hydrogen-bond acceptors (Lipinski definition) is 6.